The summed E-state index contributed by atoms with van der Waals surface area (Å²) < 4.78 is 26.3. The fourth-order valence-corrected chi connectivity index (χ4v) is 2.42. The van der Waals surface area contributed by atoms with E-state index in [2.05, 4.69) is 15.5 Å². The first kappa shape index (κ1) is 15.8. The Kier molecular flexibility index (Phi) is 4.07. The summed E-state index contributed by atoms with van der Waals surface area (Å²) in [4.78, 5) is 24.2. The topological polar surface area (TPSA) is 74.8 Å². The van der Waals surface area contributed by atoms with Crippen molar-refractivity contribution in [2.45, 2.75) is 13.0 Å². The largest absolute Gasteiger partial charge is 0.344 e. The van der Waals surface area contributed by atoms with Crippen LogP contribution < -0.4 is 10.9 Å². The standard InChI is InChI=1S/C17H13F2N3O2/c1-9(10-6-7-13(18)14(19)8-10)20-17(24)15-11-4-2-3-5-12(11)16(23)22-21-15/h2-9H,1H3,(H,20,24)(H,22,23)/t9-/m1/s1. The molecule has 3 rings (SSSR count). The van der Waals surface area contributed by atoms with Crippen LogP contribution in [-0.2, 0) is 0 Å². The molecule has 1 heterocycles. The average molecular weight is 329 g/mol. The van der Waals surface area contributed by atoms with Gasteiger partial charge in [0, 0.05) is 5.39 Å². The lowest BCUT2D eigenvalue weighted by Crippen LogP contribution is -2.29. The lowest BCUT2D eigenvalue weighted by atomic mass is 10.1. The van der Waals surface area contributed by atoms with Crippen LogP contribution in [0.5, 0.6) is 0 Å². The maximum atomic E-state index is 13.3. The maximum absolute atomic E-state index is 13.3. The summed E-state index contributed by atoms with van der Waals surface area (Å²) in [6, 6.07) is 9.43. The number of benzene rings is 2. The van der Waals surface area contributed by atoms with Gasteiger partial charge in [-0.05, 0) is 30.7 Å². The Morgan fingerprint density at radius 2 is 1.83 bits per heavy atom. The van der Waals surface area contributed by atoms with E-state index in [9.17, 15) is 18.4 Å². The monoisotopic (exact) mass is 329 g/mol. The highest BCUT2D eigenvalue weighted by atomic mass is 19.2. The van der Waals surface area contributed by atoms with Gasteiger partial charge >= 0.3 is 0 Å². The van der Waals surface area contributed by atoms with Crippen LogP contribution in [0, 0.1) is 11.6 Å². The Morgan fingerprint density at radius 1 is 1.12 bits per heavy atom. The summed E-state index contributed by atoms with van der Waals surface area (Å²) >= 11 is 0. The molecular formula is C17H13F2N3O2. The van der Waals surface area contributed by atoms with Gasteiger partial charge in [-0.15, -0.1) is 0 Å². The number of fused-ring (bicyclic) bond motifs is 1. The summed E-state index contributed by atoms with van der Waals surface area (Å²) in [6.45, 7) is 1.64. The molecule has 24 heavy (non-hydrogen) atoms. The van der Waals surface area contributed by atoms with Crippen LogP contribution in [0.2, 0.25) is 0 Å². The average Bonchev–Trinajstić information content (AvgIpc) is 2.57. The molecule has 1 amide bonds. The molecule has 1 aromatic heterocycles. The smallest absolute Gasteiger partial charge is 0.272 e. The van der Waals surface area contributed by atoms with E-state index in [1.807, 2.05) is 0 Å². The molecule has 2 aromatic carbocycles. The van der Waals surface area contributed by atoms with Crippen molar-refractivity contribution in [3.63, 3.8) is 0 Å². The molecule has 0 aliphatic carbocycles. The Balaban J connectivity index is 1.91. The zero-order valence-electron chi connectivity index (χ0n) is 12.6. The van der Waals surface area contributed by atoms with Crippen molar-refractivity contribution in [1.82, 2.24) is 15.5 Å². The number of carbonyl (C=O) groups is 1. The fraction of sp³-hybridized carbons (Fsp3) is 0.118. The lowest BCUT2D eigenvalue weighted by Gasteiger charge is -2.14. The number of rotatable bonds is 3. The number of hydrogen-bond donors (Lipinski definition) is 2. The van der Waals surface area contributed by atoms with Crippen molar-refractivity contribution in [3.8, 4) is 0 Å². The molecule has 0 aliphatic rings. The molecule has 1 atom stereocenters. The van der Waals surface area contributed by atoms with Gasteiger partial charge in [0.25, 0.3) is 11.5 Å². The van der Waals surface area contributed by atoms with Crippen molar-refractivity contribution >= 4 is 16.7 Å². The number of H-pyrrole nitrogens is 1. The lowest BCUT2D eigenvalue weighted by molar-refractivity contribution is 0.0935. The minimum atomic E-state index is -0.985. The second-order valence-corrected chi connectivity index (χ2v) is 5.32. The molecule has 0 radical (unpaired) electrons. The first-order chi connectivity index (χ1) is 11.5. The molecular weight excluding hydrogens is 316 g/mol. The Labute approximate surface area is 135 Å². The minimum Gasteiger partial charge on any atom is -0.344 e. The van der Waals surface area contributed by atoms with Crippen molar-refractivity contribution in [1.29, 1.82) is 0 Å². The zero-order valence-corrected chi connectivity index (χ0v) is 12.6. The Bertz CT molecular complexity index is 985. The predicted octanol–water partition coefficient (Wildman–Crippen LogP) is 2.69. The Hall–Kier alpha value is -3.09. The number of hydrogen-bond acceptors (Lipinski definition) is 3. The fourth-order valence-electron chi connectivity index (χ4n) is 2.42. The summed E-state index contributed by atoms with van der Waals surface area (Å²) in [5.74, 6) is -2.47. The molecule has 0 saturated heterocycles. The van der Waals surface area contributed by atoms with Gasteiger partial charge in [-0.1, -0.05) is 24.3 Å². The minimum absolute atomic E-state index is 0.0552. The molecule has 3 aromatic rings. The molecule has 0 unspecified atom stereocenters. The second kappa shape index (κ2) is 6.19. The highest BCUT2D eigenvalue weighted by Crippen LogP contribution is 2.18. The van der Waals surface area contributed by atoms with Crippen LogP contribution in [0.4, 0.5) is 8.78 Å². The van der Waals surface area contributed by atoms with Crippen molar-refractivity contribution in [3.05, 3.63) is 75.7 Å². The number of aromatic amines is 1. The van der Waals surface area contributed by atoms with Gasteiger partial charge in [0.2, 0.25) is 0 Å². The van der Waals surface area contributed by atoms with E-state index in [1.54, 1.807) is 31.2 Å². The van der Waals surface area contributed by atoms with Crippen LogP contribution >= 0.6 is 0 Å². The maximum Gasteiger partial charge on any atom is 0.272 e. The summed E-state index contributed by atoms with van der Waals surface area (Å²) in [5, 5.41) is 9.50. The van der Waals surface area contributed by atoms with Gasteiger partial charge in [0.05, 0.1) is 11.4 Å². The van der Waals surface area contributed by atoms with Gasteiger partial charge < -0.3 is 5.32 Å². The third kappa shape index (κ3) is 2.88. The third-order valence-electron chi connectivity index (χ3n) is 3.70. The van der Waals surface area contributed by atoms with E-state index in [0.29, 0.717) is 16.3 Å². The van der Waals surface area contributed by atoms with Crippen LogP contribution in [0.15, 0.2) is 47.3 Å². The molecule has 2 N–H and O–H groups in total. The molecule has 0 saturated carbocycles. The van der Waals surface area contributed by atoms with Crippen molar-refractivity contribution in [2.75, 3.05) is 0 Å². The summed E-state index contributed by atoms with van der Waals surface area (Å²) in [6.07, 6.45) is 0. The molecule has 0 aliphatic heterocycles. The van der Waals surface area contributed by atoms with Crippen molar-refractivity contribution in [2.24, 2.45) is 0 Å². The highest BCUT2D eigenvalue weighted by Gasteiger charge is 2.17. The predicted molar refractivity (Wildman–Crippen MR) is 84.6 cm³/mol. The number of halogens is 2. The summed E-state index contributed by atoms with van der Waals surface area (Å²) in [7, 11) is 0. The molecule has 7 heteroatoms. The van der Waals surface area contributed by atoms with Crippen molar-refractivity contribution < 1.29 is 13.6 Å². The quantitative estimate of drug-likeness (QED) is 0.776. The van der Waals surface area contributed by atoms with Crippen LogP contribution in [-0.4, -0.2) is 16.1 Å². The van der Waals surface area contributed by atoms with E-state index >= 15 is 0 Å². The van der Waals surface area contributed by atoms with Gasteiger partial charge in [0.15, 0.2) is 17.3 Å². The number of nitrogens with zero attached hydrogens (tertiary/aromatic N) is 1. The number of carbonyl (C=O) groups excluding carboxylic acids is 1. The van der Waals surface area contributed by atoms with E-state index in [4.69, 9.17) is 0 Å². The molecule has 0 bridgehead atoms. The number of amides is 1. The number of aromatic nitrogens is 2. The van der Waals surface area contributed by atoms with E-state index in [0.717, 1.165) is 12.1 Å². The van der Waals surface area contributed by atoms with E-state index in [-0.39, 0.29) is 5.69 Å². The first-order valence-corrected chi connectivity index (χ1v) is 7.20. The third-order valence-corrected chi connectivity index (χ3v) is 3.70. The van der Waals surface area contributed by atoms with Gasteiger partial charge in [0.1, 0.15) is 0 Å². The summed E-state index contributed by atoms with van der Waals surface area (Å²) in [5.41, 5.74) is 0.0754. The number of nitrogens with one attached hydrogen (secondary N) is 2. The normalized spacial score (nSPS) is 12.1. The molecule has 5 nitrogen and oxygen atoms in total. The van der Waals surface area contributed by atoms with Gasteiger partial charge in [-0.3, -0.25) is 9.59 Å². The van der Waals surface area contributed by atoms with Crippen LogP contribution in [0.3, 0.4) is 0 Å². The van der Waals surface area contributed by atoms with Gasteiger partial charge in [-0.25, -0.2) is 13.9 Å². The zero-order chi connectivity index (χ0) is 17.3. The first-order valence-electron chi connectivity index (χ1n) is 7.20. The van der Waals surface area contributed by atoms with E-state index < -0.39 is 29.1 Å². The van der Waals surface area contributed by atoms with Crippen LogP contribution in [0.25, 0.3) is 10.8 Å². The molecule has 0 spiro atoms. The molecule has 0 fully saturated rings. The Morgan fingerprint density at radius 3 is 2.54 bits per heavy atom. The highest BCUT2D eigenvalue weighted by molar-refractivity contribution is 6.04. The SMILES string of the molecule is C[C@@H](NC(=O)c1n[nH]c(=O)c2ccccc12)c1ccc(F)c(F)c1. The van der Waals surface area contributed by atoms with Gasteiger partial charge in [-0.2, -0.15) is 5.10 Å². The van der Waals surface area contributed by atoms with E-state index in [1.165, 1.54) is 6.07 Å². The second-order valence-electron chi connectivity index (χ2n) is 5.32. The van der Waals surface area contributed by atoms with Crippen LogP contribution in [0.1, 0.15) is 29.0 Å². The molecule has 122 valence electrons.